The zero-order valence-electron chi connectivity index (χ0n) is 13.4. The van der Waals surface area contributed by atoms with Crippen molar-refractivity contribution in [3.05, 3.63) is 61.3 Å². The second-order valence-corrected chi connectivity index (χ2v) is 5.46. The molecule has 0 fully saturated rings. The van der Waals surface area contributed by atoms with Gasteiger partial charge in [0.1, 0.15) is 0 Å². The maximum Gasteiger partial charge on any atom is 0.324 e. The van der Waals surface area contributed by atoms with E-state index < -0.39 is 0 Å². The molecule has 0 atom stereocenters. The van der Waals surface area contributed by atoms with Crippen molar-refractivity contribution in [1.29, 1.82) is 0 Å². The number of para-hydroxylation sites is 1. The number of benzene rings is 1. The number of amides is 2. The first kappa shape index (κ1) is 14.9. The second-order valence-electron chi connectivity index (χ2n) is 5.46. The molecule has 0 radical (unpaired) electrons. The van der Waals surface area contributed by atoms with Gasteiger partial charge in [0.2, 0.25) is 0 Å². The average molecular weight is 333 g/mol. The maximum absolute atomic E-state index is 12.2. The maximum atomic E-state index is 12.2. The van der Waals surface area contributed by atoms with Crippen molar-refractivity contribution in [2.24, 2.45) is 7.05 Å². The van der Waals surface area contributed by atoms with Gasteiger partial charge in [-0.1, -0.05) is 18.2 Å². The number of nitrogens with one attached hydrogen (secondary N) is 2. The fourth-order valence-corrected chi connectivity index (χ4v) is 2.57. The average Bonchev–Trinajstić information content (AvgIpc) is 3.22. The van der Waals surface area contributed by atoms with E-state index in [4.69, 9.17) is 0 Å². The lowest BCUT2D eigenvalue weighted by Gasteiger charge is -2.08. The zero-order valence-corrected chi connectivity index (χ0v) is 13.4. The Balaban J connectivity index is 1.62. The van der Waals surface area contributed by atoms with Crippen molar-refractivity contribution in [2.45, 2.75) is 0 Å². The normalized spacial score (nSPS) is 10.8. The van der Waals surface area contributed by atoms with E-state index in [1.807, 2.05) is 48.0 Å². The van der Waals surface area contributed by atoms with Crippen LogP contribution in [0.2, 0.25) is 0 Å². The molecular formula is C17H15N7O. The molecule has 8 nitrogen and oxygen atoms in total. The van der Waals surface area contributed by atoms with Crippen LogP contribution in [0, 0.1) is 0 Å². The molecule has 0 aliphatic carbocycles. The van der Waals surface area contributed by atoms with Crippen molar-refractivity contribution >= 4 is 23.2 Å². The quantitative estimate of drug-likeness (QED) is 0.603. The number of aromatic nitrogens is 5. The summed E-state index contributed by atoms with van der Waals surface area (Å²) in [7, 11) is 1.86. The molecule has 3 aromatic heterocycles. The van der Waals surface area contributed by atoms with Crippen molar-refractivity contribution in [3.63, 3.8) is 0 Å². The highest BCUT2D eigenvalue weighted by atomic mass is 16.2. The highest BCUT2D eigenvalue weighted by Crippen LogP contribution is 2.22. The first-order valence-corrected chi connectivity index (χ1v) is 7.65. The van der Waals surface area contributed by atoms with Gasteiger partial charge in [-0.05, 0) is 12.1 Å². The number of anilines is 2. The number of rotatable bonds is 3. The first-order chi connectivity index (χ1) is 12.2. The number of urea groups is 1. The van der Waals surface area contributed by atoms with E-state index in [0.29, 0.717) is 17.2 Å². The van der Waals surface area contributed by atoms with Gasteiger partial charge in [0, 0.05) is 36.9 Å². The Kier molecular flexibility index (Phi) is 3.62. The largest absolute Gasteiger partial charge is 0.324 e. The zero-order chi connectivity index (χ0) is 17.2. The molecule has 0 aliphatic heterocycles. The van der Waals surface area contributed by atoms with E-state index >= 15 is 0 Å². The fourth-order valence-electron chi connectivity index (χ4n) is 2.57. The highest BCUT2D eigenvalue weighted by molar-refractivity contribution is 6.01. The van der Waals surface area contributed by atoms with Gasteiger partial charge in [0.25, 0.3) is 0 Å². The Hall–Kier alpha value is -3.68. The number of imidazole rings is 1. The summed E-state index contributed by atoms with van der Waals surface area (Å²) in [6, 6.07) is 8.83. The van der Waals surface area contributed by atoms with Crippen LogP contribution in [0.1, 0.15) is 0 Å². The molecule has 3 heterocycles. The van der Waals surface area contributed by atoms with Crippen LogP contribution < -0.4 is 10.6 Å². The molecular weight excluding hydrogens is 318 g/mol. The Morgan fingerprint density at radius 1 is 1.08 bits per heavy atom. The third-order valence-corrected chi connectivity index (χ3v) is 3.69. The van der Waals surface area contributed by atoms with E-state index in [1.165, 1.54) is 0 Å². The number of nitrogens with zero attached hydrogens (tertiary/aromatic N) is 5. The monoisotopic (exact) mass is 333 g/mol. The molecule has 25 heavy (non-hydrogen) atoms. The Morgan fingerprint density at radius 3 is 2.68 bits per heavy atom. The van der Waals surface area contributed by atoms with Crippen molar-refractivity contribution in [3.8, 4) is 11.3 Å². The molecule has 0 aliphatic rings. The SMILES string of the molecule is Cn1cc(-c2cnc3c(NC(=O)Nc4ccccc4)nccn23)cn1. The minimum absolute atomic E-state index is 0.377. The van der Waals surface area contributed by atoms with Crippen LogP contribution in [0.15, 0.2) is 61.3 Å². The summed E-state index contributed by atoms with van der Waals surface area (Å²) in [5, 5.41) is 9.67. The first-order valence-electron chi connectivity index (χ1n) is 7.65. The summed E-state index contributed by atoms with van der Waals surface area (Å²) >= 11 is 0. The topological polar surface area (TPSA) is 89.1 Å². The third kappa shape index (κ3) is 2.92. The summed E-state index contributed by atoms with van der Waals surface area (Å²) in [6.07, 6.45) is 8.81. The fraction of sp³-hybridized carbons (Fsp3) is 0.0588. The highest BCUT2D eigenvalue weighted by Gasteiger charge is 2.13. The molecule has 4 aromatic rings. The van der Waals surface area contributed by atoms with Gasteiger partial charge < -0.3 is 5.32 Å². The Labute approximate surface area is 143 Å². The number of fused-ring (bicyclic) bond motifs is 1. The van der Waals surface area contributed by atoms with Crippen LogP contribution in [0.3, 0.4) is 0 Å². The number of hydrogen-bond acceptors (Lipinski definition) is 4. The molecule has 8 heteroatoms. The van der Waals surface area contributed by atoms with Crippen LogP contribution >= 0.6 is 0 Å². The van der Waals surface area contributed by atoms with Gasteiger partial charge in [-0.15, -0.1) is 0 Å². The number of carbonyl (C=O) groups is 1. The molecule has 124 valence electrons. The molecule has 1 aromatic carbocycles. The number of hydrogen-bond donors (Lipinski definition) is 2. The minimum Gasteiger partial charge on any atom is -0.308 e. The summed E-state index contributed by atoms with van der Waals surface area (Å²) in [4.78, 5) is 20.8. The summed E-state index contributed by atoms with van der Waals surface area (Å²) < 4.78 is 3.59. The molecule has 0 saturated heterocycles. The van der Waals surface area contributed by atoms with Crippen molar-refractivity contribution in [2.75, 3.05) is 10.6 Å². The lowest BCUT2D eigenvalue weighted by molar-refractivity contribution is 0.262. The van der Waals surface area contributed by atoms with Gasteiger partial charge in [-0.3, -0.25) is 14.4 Å². The standard InChI is InChI=1S/C17H15N7O/c1-23-11-12(9-20-23)14-10-19-16-15(18-7-8-24(14)16)22-17(25)21-13-5-3-2-4-6-13/h2-11H,1H3,(H2,18,21,22,25). The smallest absolute Gasteiger partial charge is 0.308 e. The Morgan fingerprint density at radius 2 is 1.92 bits per heavy atom. The van der Waals surface area contributed by atoms with Gasteiger partial charge in [-0.25, -0.2) is 14.8 Å². The predicted molar refractivity (Wildman–Crippen MR) is 94.3 cm³/mol. The number of carbonyl (C=O) groups excluding carboxylic acids is 1. The van der Waals surface area contributed by atoms with E-state index in [9.17, 15) is 4.79 Å². The van der Waals surface area contributed by atoms with Gasteiger partial charge in [0.15, 0.2) is 11.5 Å². The van der Waals surface area contributed by atoms with Crippen molar-refractivity contribution < 1.29 is 4.79 Å². The summed E-state index contributed by atoms with van der Waals surface area (Å²) in [5.74, 6) is 0.381. The van der Waals surface area contributed by atoms with E-state index in [-0.39, 0.29) is 6.03 Å². The molecule has 0 unspecified atom stereocenters. The van der Waals surface area contributed by atoms with E-state index in [0.717, 1.165) is 11.3 Å². The third-order valence-electron chi connectivity index (χ3n) is 3.69. The lowest BCUT2D eigenvalue weighted by Crippen LogP contribution is -2.20. The van der Waals surface area contributed by atoms with Crippen LogP contribution in [-0.4, -0.2) is 30.2 Å². The minimum atomic E-state index is -0.377. The van der Waals surface area contributed by atoms with Crippen LogP contribution in [0.25, 0.3) is 16.9 Å². The molecule has 0 saturated carbocycles. The number of aryl methyl sites for hydroxylation is 1. The summed E-state index contributed by atoms with van der Waals surface area (Å²) in [5.41, 5.74) is 3.06. The molecule has 4 rings (SSSR count). The van der Waals surface area contributed by atoms with Gasteiger partial charge >= 0.3 is 6.03 Å². The lowest BCUT2D eigenvalue weighted by atomic mass is 10.3. The Bertz CT molecular complexity index is 1040. The second kappa shape index (κ2) is 6.08. The van der Waals surface area contributed by atoms with Crippen LogP contribution in [-0.2, 0) is 7.05 Å². The van der Waals surface area contributed by atoms with Gasteiger partial charge in [0.05, 0.1) is 18.1 Å². The van der Waals surface area contributed by atoms with Crippen molar-refractivity contribution in [1.82, 2.24) is 24.1 Å². The molecule has 2 N–H and O–H groups in total. The van der Waals surface area contributed by atoms with Crippen LogP contribution in [0.5, 0.6) is 0 Å². The van der Waals surface area contributed by atoms with Gasteiger partial charge in [-0.2, -0.15) is 5.10 Å². The van der Waals surface area contributed by atoms with E-state index in [1.54, 1.807) is 29.5 Å². The van der Waals surface area contributed by atoms with Crippen LogP contribution in [0.4, 0.5) is 16.3 Å². The predicted octanol–water partition coefficient (Wildman–Crippen LogP) is 2.77. The molecule has 0 spiro atoms. The summed E-state index contributed by atoms with van der Waals surface area (Å²) in [6.45, 7) is 0. The molecule has 0 bridgehead atoms. The molecule has 2 amide bonds. The van der Waals surface area contributed by atoms with E-state index in [2.05, 4.69) is 25.7 Å².